The molecule has 152 valence electrons. The first-order valence-corrected chi connectivity index (χ1v) is 10.6. The number of rotatable bonds is 4. The minimum atomic E-state index is -0.393. The molecule has 1 aromatic heterocycles. The third kappa shape index (κ3) is 3.54. The number of carbonyl (C=O) groups is 1. The first-order valence-electron chi connectivity index (χ1n) is 9.59. The summed E-state index contributed by atoms with van der Waals surface area (Å²) in [6.45, 7) is 2.21. The average molecular weight is 421 g/mol. The molecule has 0 saturated carbocycles. The van der Waals surface area contributed by atoms with Gasteiger partial charge in [0.05, 0.1) is 5.56 Å². The van der Waals surface area contributed by atoms with Crippen molar-refractivity contribution < 1.29 is 14.3 Å². The van der Waals surface area contributed by atoms with Gasteiger partial charge in [-0.1, -0.05) is 47.7 Å². The molecule has 0 saturated heterocycles. The molecule has 2 aliphatic rings. The molecule has 0 spiro atoms. The lowest BCUT2D eigenvalue weighted by Crippen LogP contribution is -2.31. The van der Waals surface area contributed by atoms with Crippen LogP contribution in [-0.2, 0) is 10.5 Å². The fourth-order valence-electron chi connectivity index (χ4n) is 3.79. The molecule has 2 N–H and O–H groups in total. The number of aryl methyl sites for hydroxylation is 1. The van der Waals surface area contributed by atoms with E-state index in [0.717, 1.165) is 11.1 Å². The van der Waals surface area contributed by atoms with Crippen LogP contribution in [0.4, 0.5) is 5.82 Å². The van der Waals surface area contributed by atoms with Crippen LogP contribution in [0.1, 0.15) is 34.6 Å². The van der Waals surface area contributed by atoms with Crippen LogP contribution < -0.4 is 20.3 Å². The van der Waals surface area contributed by atoms with Gasteiger partial charge in [-0.05, 0) is 30.2 Å². The topological polar surface area (TPSA) is 93.3 Å². The molecule has 0 radical (unpaired) electrons. The molecule has 1 amide bonds. The monoisotopic (exact) mass is 421 g/mol. The Bertz CT molecular complexity index is 1210. The van der Waals surface area contributed by atoms with Crippen molar-refractivity contribution in [2.45, 2.75) is 30.2 Å². The Hall–Kier alpha value is -3.26. The maximum absolute atomic E-state index is 13.0. The molecule has 7 nitrogen and oxygen atoms in total. The molecule has 30 heavy (non-hydrogen) atoms. The van der Waals surface area contributed by atoms with E-state index in [-0.39, 0.29) is 24.7 Å². The van der Waals surface area contributed by atoms with Crippen LogP contribution in [0.3, 0.4) is 0 Å². The molecule has 2 aromatic carbocycles. The number of H-pyrrole nitrogens is 1. The van der Waals surface area contributed by atoms with Crippen LogP contribution >= 0.6 is 11.8 Å². The van der Waals surface area contributed by atoms with Crippen LogP contribution in [0, 0.1) is 6.92 Å². The lowest BCUT2D eigenvalue weighted by Gasteiger charge is -2.24. The Kier molecular flexibility index (Phi) is 4.71. The molecule has 2 aliphatic heterocycles. The molecule has 0 unspecified atom stereocenters. The third-order valence-corrected chi connectivity index (χ3v) is 6.13. The van der Waals surface area contributed by atoms with Gasteiger partial charge >= 0.3 is 0 Å². The van der Waals surface area contributed by atoms with E-state index in [4.69, 9.17) is 9.47 Å². The van der Waals surface area contributed by atoms with Crippen molar-refractivity contribution in [3.63, 3.8) is 0 Å². The highest BCUT2D eigenvalue weighted by Gasteiger charge is 2.32. The van der Waals surface area contributed by atoms with Crippen molar-refractivity contribution in [2.24, 2.45) is 0 Å². The molecule has 0 fully saturated rings. The van der Waals surface area contributed by atoms with Crippen molar-refractivity contribution in [1.29, 1.82) is 0 Å². The Labute approximate surface area is 176 Å². The number of hydrogen-bond acceptors (Lipinski definition) is 6. The summed E-state index contributed by atoms with van der Waals surface area (Å²) in [5.74, 6) is 1.71. The summed E-state index contributed by atoms with van der Waals surface area (Å²) in [5.41, 5.74) is 3.37. The highest BCUT2D eigenvalue weighted by atomic mass is 32.2. The Balaban J connectivity index is 1.46. The number of hydrogen-bond donors (Lipinski definition) is 2. The summed E-state index contributed by atoms with van der Waals surface area (Å²) in [5, 5.41) is 3.24. The van der Waals surface area contributed by atoms with Crippen molar-refractivity contribution in [3.05, 3.63) is 75.1 Å². The minimum Gasteiger partial charge on any atom is -0.454 e. The van der Waals surface area contributed by atoms with Crippen LogP contribution in [0.25, 0.3) is 0 Å². The second kappa shape index (κ2) is 7.53. The van der Waals surface area contributed by atoms with E-state index in [1.807, 2.05) is 37.3 Å². The third-order valence-electron chi connectivity index (χ3n) is 5.19. The lowest BCUT2D eigenvalue weighted by atomic mass is 9.86. The standard InChI is InChI=1S/C22H19N3O4S/c1-12-3-2-4-13(7-12)10-30-22-24-20-19(21(27)25-22)15(9-18(26)23-20)14-5-6-16-17(8-14)29-11-28-16/h2-8,15H,9-11H2,1H3,(H2,23,24,25,26,27)/t15-/m0/s1. The molecular formula is C22H19N3O4S. The first kappa shape index (κ1) is 18.7. The number of nitrogens with one attached hydrogen (secondary N) is 2. The maximum atomic E-state index is 13.0. The van der Waals surface area contributed by atoms with Gasteiger partial charge in [-0.15, -0.1) is 0 Å². The van der Waals surface area contributed by atoms with Gasteiger partial charge in [-0.2, -0.15) is 0 Å². The van der Waals surface area contributed by atoms with E-state index in [9.17, 15) is 9.59 Å². The zero-order valence-electron chi connectivity index (χ0n) is 16.2. The molecule has 5 rings (SSSR count). The molecule has 3 aromatic rings. The largest absolute Gasteiger partial charge is 0.454 e. The smallest absolute Gasteiger partial charge is 0.257 e. The number of fused-ring (bicyclic) bond motifs is 2. The fraction of sp³-hybridized carbons (Fsp3) is 0.227. The lowest BCUT2D eigenvalue weighted by molar-refractivity contribution is -0.116. The van der Waals surface area contributed by atoms with Crippen molar-refractivity contribution in [1.82, 2.24) is 9.97 Å². The normalized spacial score (nSPS) is 16.8. The van der Waals surface area contributed by atoms with Gasteiger partial charge in [0.25, 0.3) is 5.56 Å². The zero-order valence-corrected chi connectivity index (χ0v) is 17.0. The van der Waals surface area contributed by atoms with Gasteiger partial charge in [0.1, 0.15) is 5.82 Å². The van der Waals surface area contributed by atoms with Crippen molar-refractivity contribution >= 4 is 23.5 Å². The summed E-state index contributed by atoms with van der Waals surface area (Å²) in [7, 11) is 0. The number of nitrogens with zero attached hydrogens (tertiary/aromatic N) is 1. The predicted octanol–water partition coefficient (Wildman–Crippen LogP) is 3.57. The highest BCUT2D eigenvalue weighted by molar-refractivity contribution is 7.98. The van der Waals surface area contributed by atoms with E-state index < -0.39 is 5.92 Å². The van der Waals surface area contributed by atoms with Crippen molar-refractivity contribution in [3.8, 4) is 11.5 Å². The summed E-state index contributed by atoms with van der Waals surface area (Å²) in [6, 6.07) is 13.7. The quantitative estimate of drug-likeness (QED) is 0.494. The van der Waals surface area contributed by atoms with Gasteiger partial charge in [0, 0.05) is 18.1 Å². The van der Waals surface area contributed by atoms with Gasteiger partial charge in [0.2, 0.25) is 12.7 Å². The summed E-state index contributed by atoms with van der Waals surface area (Å²) < 4.78 is 10.8. The van der Waals surface area contributed by atoms with Crippen molar-refractivity contribution in [2.75, 3.05) is 12.1 Å². The Morgan fingerprint density at radius 1 is 1.13 bits per heavy atom. The number of thioether (sulfide) groups is 1. The number of carbonyl (C=O) groups excluding carboxylic acids is 1. The number of aromatic nitrogens is 2. The minimum absolute atomic E-state index is 0.169. The molecule has 0 bridgehead atoms. The Morgan fingerprint density at radius 3 is 2.87 bits per heavy atom. The summed E-state index contributed by atoms with van der Waals surface area (Å²) in [6.07, 6.45) is 0.174. The van der Waals surface area contributed by atoms with Gasteiger partial charge in [-0.3, -0.25) is 9.59 Å². The van der Waals surface area contributed by atoms with Crippen LogP contribution in [-0.4, -0.2) is 22.7 Å². The number of anilines is 1. The van der Waals surface area contributed by atoms with Gasteiger partial charge < -0.3 is 19.8 Å². The van der Waals surface area contributed by atoms with Gasteiger partial charge in [0.15, 0.2) is 16.7 Å². The van der Waals surface area contributed by atoms with Crippen LogP contribution in [0.15, 0.2) is 52.4 Å². The molecular weight excluding hydrogens is 402 g/mol. The molecule has 0 aliphatic carbocycles. The summed E-state index contributed by atoms with van der Waals surface area (Å²) in [4.78, 5) is 32.7. The Morgan fingerprint density at radius 2 is 2.00 bits per heavy atom. The second-order valence-electron chi connectivity index (χ2n) is 7.33. The van der Waals surface area contributed by atoms with Gasteiger partial charge in [-0.25, -0.2) is 4.98 Å². The van der Waals surface area contributed by atoms with E-state index in [1.54, 1.807) is 6.07 Å². The second-order valence-corrected chi connectivity index (χ2v) is 8.29. The SMILES string of the molecule is Cc1cccc(CSc2nc3c(c(=O)[nH]2)[C@H](c2ccc4c(c2)OCO4)CC(=O)N3)c1. The zero-order chi connectivity index (χ0) is 20.7. The number of amides is 1. The number of ether oxygens (including phenoxy) is 2. The predicted molar refractivity (Wildman–Crippen MR) is 113 cm³/mol. The average Bonchev–Trinajstić information content (AvgIpc) is 3.19. The number of aromatic amines is 1. The van der Waals surface area contributed by atoms with E-state index >= 15 is 0 Å². The maximum Gasteiger partial charge on any atom is 0.257 e. The van der Waals surface area contributed by atoms with Crippen LogP contribution in [0.2, 0.25) is 0 Å². The van der Waals surface area contributed by atoms with Crippen LogP contribution in [0.5, 0.6) is 11.5 Å². The number of benzene rings is 2. The van der Waals surface area contributed by atoms with E-state index in [1.165, 1.54) is 17.3 Å². The molecule has 3 heterocycles. The highest BCUT2D eigenvalue weighted by Crippen LogP contribution is 2.40. The first-order chi connectivity index (χ1) is 14.6. The summed E-state index contributed by atoms with van der Waals surface area (Å²) >= 11 is 1.43. The van der Waals surface area contributed by atoms with E-state index in [2.05, 4.69) is 21.4 Å². The fourth-order valence-corrected chi connectivity index (χ4v) is 4.59. The molecule has 1 atom stereocenters. The molecule has 8 heteroatoms. The van der Waals surface area contributed by atoms with E-state index in [0.29, 0.717) is 33.8 Å².